The minimum Gasteiger partial charge on any atom is -0.393 e. The van der Waals surface area contributed by atoms with Crippen LogP contribution in [0.5, 0.6) is 0 Å². The van der Waals surface area contributed by atoms with Gasteiger partial charge in [0.05, 0.1) is 6.10 Å². The average Bonchev–Trinajstić information content (AvgIpc) is 2.03. The summed E-state index contributed by atoms with van der Waals surface area (Å²) in [6.07, 6.45) is 5.69. The number of hydrogen-bond acceptors (Lipinski definition) is 1. The van der Waals surface area contributed by atoms with Crippen LogP contribution in [0.4, 0.5) is 0 Å². The lowest BCUT2D eigenvalue weighted by atomic mass is 9.78. The van der Waals surface area contributed by atoms with E-state index in [1.54, 1.807) is 0 Å². The molecule has 13 heavy (non-hydrogen) atoms. The number of aliphatic hydroxyl groups excluding tert-OH is 1. The summed E-state index contributed by atoms with van der Waals surface area (Å²) in [6.45, 7) is 8.14. The van der Waals surface area contributed by atoms with E-state index in [1.807, 2.05) is 6.92 Å². The molecule has 0 amide bonds. The predicted molar refractivity (Wildman–Crippen MR) is 56.6 cm³/mol. The van der Waals surface area contributed by atoms with Crippen LogP contribution in [0.15, 0.2) is 12.2 Å². The summed E-state index contributed by atoms with van der Waals surface area (Å²) >= 11 is 0. The lowest BCUT2D eigenvalue weighted by Crippen LogP contribution is -2.25. The number of aliphatic hydroxyl groups is 1. The van der Waals surface area contributed by atoms with Gasteiger partial charge in [0.2, 0.25) is 0 Å². The number of rotatable bonds is 3. The van der Waals surface area contributed by atoms with Crippen molar-refractivity contribution in [2.24, 2.45) is 11.8 Å². The molecule has 1 aliphatic carbocycles. The molecule has 0 bridgehead atoms. The molecule has 0 heterocycles. The highest BCUT2D eigenvalue weighted by Gasteiger charge is 2.24. The summed E-state index contributed by atoms with van der Waals surface area (Å²) in [6, 6.07) is 0. The largest absolute Gasteiger partial charge is 0.393 e. The molecule has 1 saturated carbocycles. The fourth-order valence-corrected chi connectivity index (χ4v) is 2.35. The van der Waals surface area contributed by atoms with Gasteiger partial charge in [-0.05, 0) is 38.0 Å². The fraction of sp³-hybridized carbons (Fsp3) is 0.833. The van der Waals surface area contributed by atoms with Crippen molar-refractivity contribution < 1.29 is 5.11 Å². The summed E-state index contributed by atoms with van der Waals surface area (Å²) in [7, 11) is 0. The molecule has 3 unspecified atom stereocenters. The quantitative estimate of drug-likeness (QED) is 0.665. The minimum absolute atomic E-state index is 0.139. The van der Waals surface area contributed by atoms with E-state index in [2.05, 4.69) is 13.5 Å². The Bertz CT molecular complexity index is 174. The molecule has 1 nitrogen and oxygen atoms in total. The van der Waals surface area contributed by atoms with E-state index in [-0.39, 0.29) is 6.10 Å². The molecule has 1 rings (SSSR count). The second kappa shape index (κ2) is 4.80. The lowest BCUT2D eigenvalue weighted by molar-refractivity contribution is 0.0721. The third-order valence-corrected chi connectivity index (χ3v) is 3.08. The summed E-state index contributed by atoms with van der Waals surface area (Å²) in [5.41, 5.74) is 1.10. The van der Waals surface area contributed by atoms with Crippen molar-refractivity contribution in [1.29, 1.82) is 0 Å². The third kappa shape index (κ3) is 3.51. The summed E-state index contributed by atoms with van der Waals surface area (Å²) in [4.78, 5) is 0. The molecule has 76 valence electrons. The first-order chi connectivity index (χ1) is 6.09. The van der Waals surface area contributed by atoms with Gasteiger partial charge in [0.15, 0.2) is 0 Å². The molecule has 1 N–H and O–H groups in total. The maximum atomic E-state index is 9.90. The van der Waals surface area contributed by atoms with Crippen molar-refractivity contribution in [2.75, 3.05) is 0 Å². The van der Waals surface area contributed by atoms with E-state index in [4.69, 9.17) is 0 Å². The SMILES string of the molecule is C=C(C)CC(O)C1CCCC(C)C1. The van der Waals surface area contributed by atoms with E-state index >= 15 is 0 Å². The van der Waals surface area contributed by atoms with E-state index in [0.717, 1.165) is 17.9 Å². The molecule has 0 radical (unpaired) electrons. The van der Waals surface area contributed by atoms with Crippen molar-refractivity contribution in [3.8, 4) is 0 Å². The smallest absolute Gasteiger partial charge is 0.0605 e. The molecule has 1 fully saturated rings. The summed E-state index contributed by atoms with van der Waals surface area (Å²) in [5, 5.41) is 9.90. The van der Waals surface area contributed by atoms with Gasteiger partial charge in [-0.25, -0.2) is 0 Å². The molecule has 1 aliphatic rings. The highest BCUT2D eigenvalue weighted by molar-refractivity contribution is 4.93. The van der Waals surface area contributed by atoms with Gasteiger partial charge >= 0.3 is 0 Å². The predicted octanol–water partition coefficient (Wildman–Crippen LogP) is 3.14. The van der Waals surface area contributed by atoms with Gasteiger partial charge in [-0.1, -0.05) is 25.3 Å². The van der Waals surface area contributed by atoms with Gasteiger partial charge in [0.1, 0.15) is 0 Å². The Morgan fingerprint density at radius 2 is 2.23 bits per heavy atom. The van der Waals surface area contributed by atoms with Crippen molar-refractivity contribution in [3.63, 3.8) is 0 Å². The maximum Gasteiger partial charge on any atom is 0.0605 e. The van der Waals surface area contributed by atoms with Gasteiger partial charge in [-0.15, -0.1) is 6.58 Å². The zero-order chi connectivity index (χ0) is 9.84. The molecule has 3 atom stereocenters. The lowest BCUT2D eigenvalue weighted by Gasteiger charge is -2.30. The molecule has 0 aliphatic heterocycles. The zero-order valence-electron chi connectivity index (χ0n) is 8.92. The summed E-state index contributed by atoms with van der Waals surface area (Å²) in [5.74, 6) is 1.33. The topological polar surface area (TPSA) is 20.2 Å². The van der Waals surface area contributed by atoms with Crippen LogP contribution >= 0.6 is 0 Å². The van der Waals surface area contributed by atoms with Crippen molar-refractivity contribution in [1.82, 2.24) is 0 Å². The fourth-order valence-electron chi connectivity index (χ4n) is 2.35. The molecule has 0 aromatic rings. The van der Waals surface area contributed by atoms with Crippen molar-refractivity contribution >= 4 is 0 Å². The Kier molecular flexibility index (Phi) is 3.98. The first kappa shape index (κ1) is 10.8. The Balaban J connectivity index is 2.36. The summed E-state index contributed by atoms with van der Waals surface area (Å²) < 4.78 is 0. The minimum atomic E-state index is -0.139. The van der Waals surface area contributed by atoms with E-state index in [1.165, 1.54) is 25.7 Å². The molecule has 0 aromatic carbocycles. The van der Waals surface area contributed by atoms with E-state index in [9.17, 15) is 5.11 Å². The van der Waals surface area contributed by atoms with Gasteiger partial charge in [-0.2, -0.15) is 0 Å². The van der Waals surface area contributed by atoms with E-state index < -0.39 is 0 Å². The standard InChI is InChI=1S/C12H22O/c1-9(2)7-12(13)11-6-4-5-10(3)8-11/h10-13H,1,4-8H2,2-3H3. The van der Waals surface area contributed by atoms with Gasteiger partial charge in [-0.3, -0.25) is 0 Å². The monoisotopic (exact) mass is 182 g/mol. The van der Waals surface area contributed by atoms with Gasteiger partial charge in [0, 0.05) is 0 Å². The van der Waals surface area contributed by atoms with Crippen LogP contribution < -0.4 is 0 Å². The second-order valence-electron chi connectivity index (χ2n) is 4.76. The van der Waals surface area contributed by atoms with Gasteiger partial charge in [0.25, 0.3) is 0 Å². The zero-order valence-corrected chi connectivity index (χ0v) is 8.92. The van der Waals surface area contributed by atoms with Crippen molar-refractivity contribution in [2.45, 2.75) is 52.1 Å². The molecule has 0 aromatic heterocycles. The normalized spacial score (nSPS) is 31.3. The highest BCUT2D eigenvalue weighted by atomic mass is 16.3. The molecule has 0 saturated heterocycles. The highest BCUT2D eigenvalue weighted by Crippen LogP contribution is 2.32. The van der Waals surface area contributed by atoms with Crippen LogP contribution in [0.1, 0.15) is 46.0 Å². The van der Waals surface area contributed by atoms with Crippen LogP contribution in [0.3, 0.4) is 0 Å². The van der Waals surface area contributed by atoms with E-state index in [0.29, 0.717) is 5.92 Å². The second-order valence-corrected chi connectivity index (χ2v) is 4.76. The van der Waals surface area contributed by atoms with Crippen LogP contribution in [0, 0.1) is 11.8 Å². The van der Waals surface area contributed by atoms with Crippen molar-refractivity contribution in [3.05, 3.63) is 12.2 Å². The first-order valence-corrected chi connectivity index (χ1v) is 5.42. The Morgan fingerprint density at radius 1 is 1.54 bits per heavy atom. The Hall–Kier alpha value is -0.300. The first-order valence-electron chi connectivity index (χ1n) is 5.42. The third-order valence-electron chi connectivity index (χ3n) is 3.08. The van der Waals surface area contributed by atoms with Crippen LogP contribution in [0.2, 0.25) is 0 Å². The van der Waals surface area contributed by atoms with Crippen LogP contribution in [-0.2, 0) is 0 Å². The van der Waals surface area contributed by atoms with Crippen LogP contribution in [0.25, 0.3) is 0 Å². The van der Waals surface area contributed by atoms with Crippen LogP contribution in [-0.4, -0.2) is 11.2 Å². The Labute approximate surface area is 81.9 Å². The molecule has 0 spiro atoms. The average molecular weight is 182 g/mol. The number of hydrogen-bond donors (Lipinski definition) is 1. The molecular weight excluding hydrogens is 160 g/mol. The Morgan fingerprint density at radius 3 is 2.77 bits per heavy atom. The molecule has 1 heteroatoms. The van der Waals surface area contributed by atoms with Gasteiger partial charge < -0.3 is 5.11 Å². The molecular formula is C12H22O. The maximum absolute atomic E-state index is 9.90.